The van der Waals surface area contributed by atoms with E-state index in [0.717, 1.165) is 41.8 Å². The Labute approximate surface area is 174 Å². The van der Waals surface area contributed by atoms with Crippen LogP contribution in [0.1, 0.15) is 45.5 Å². The lowest BCUT2D eigenvalue weighted by molar-refractivity contribution is 0.0681. The molecule has 0 N–H and O–H groups in total. The van der Waals surface area contributed by atoms with E-state index in [1.807, 2.05) is 41.9 Å². The fourth-order valence-electron chi connectivity index (χ4n) is 4.76. The lowest BCUT2D eigenvalue weighted by Gasteiger charge is -2.31. The summed E-state index contributed by atoms with van der Waals surface area (Å²) < 4.78 is 3.67. The van der Waals surface area contributed by atoms with Crippen LogP contribution >= 0.6 is 11.6 Å². The number of aryl methyl sites for hydroxylation is 2. The highest BCUT2D eigenvalue weighted by Gasteiger charge is 2.39. The third kappa shape index (κ3) is 3.04. The normalized spacial score (nSPS) is 20.8. The summed E-state index contributed by atoms with van der Waals surface area (Å²) in [5.74, 6) is 0.482. The zero-order chi connectivity index (χ0) is 20.1. The molecule has 0 saturated heterocycles. The molecule has 0 spiro atoms. The molecule has 0 radical (unpaired) electrons. The Morgan fingerprint density at radius 3 is 2.83 bits per heavy atom. The number of hydrogen-bond donors (Lipinski definition) is 0. The largest absolute Gasteiger partial charge is 0.331 e. The molecule has 0 bridgehead atoms. The molecule has 1 aliphatic carbocycles. The molecule has 0 fully saturated rings. The summed E-state index contributed by atoms with van der Waals surface area (Å²) in [6.45, 7) is 0.712. The number of rotatable bonds is 4. The Hall–Kier alpha value is -2.67. The monoisotopic (exact) mass is 410 g/mol. The number of nitrogens with zero attached hydrogens (tertiary/aromatic N) is 6. The third-order valence-corrected chi connectivity index (χ3v) is 6.65. The second-order valence-electron chi connectivity index (χ2n) is 8.04. The smallest absolute Gasteiger partial charge is 0.254 e. The van der Waals surface area contributed by atoms with Gasteiger partial charge < -0.3 is 4.90 Å². The van der Waals surface area contributed by atoms with Crippen molar-refractivity contribution in [1.82, 2.24) is 29.7 Å². The predicted molar refractivity (Wildman–Crippen MR) is 109 cm³/mol. The van der Waals surface area contributed by atoms with E-state index in [1.54, 1.807) is 10.9 Å². The third-order valence-electron chi connectivity index (χ3n) is 6.33. The summed E-state index contributed by atoms with van der Waals surface area (Å²) in [5, 5.41) is 13.4. The Morgan fingerprint density at radius 1 is 1.21 bits per heavy atom. The van der Waals surface area contributed by atoms with Gasteiger partial charge in [-0.05, 0) is 36.8 Å². The van der Waals surface area contributed by atoms with Crippen LogP contribution in [0.2, 0.25) is 5.02 Å². The first kappa shape index (κ1) is 18.4. The number of fused-ring (bicyclic) bond motifs is 2. The minimum absolute atomic E-state index is 0.0325. The fraction of sp³-hybridized carbons (Fsp3) is 0.429. The molecule has 3 aromatic rings. The van der Waals surface area contributed by atoms with Crippen molar-refractivity contribution in [3.8, 4) is 0 Å². The summed E-state index contributed by atoms with van der Waals surface area (Å²) in [7, 11) is 3.84. The Kier molecular flexibility index (Phi) is 4.42. The molecule has 0 unspecified atom stereocenters. The van der Waals surface area contributed by atoms with Crippen molar-refractivity contribution in [2.45, 2.75) is 31.7 Å². The number of hydrogen-bond acceptors (Lipinski definition) is 4. The first-order chi connectivity index (χ1) is 14.0. The van der Waals surface area contributed by atoms with Crippen molar-refractivity contribution in [3.63, 3.8) is 0 Å². The number of benzene rings is 1. The Morgan fingerprint density at radius 2 is 2.03 bits per heavy atom. The summed E-state index contributed by atoms with van der Waals surface area (Å²) in [5.41, 5.74) is 5.11. The van der Waals surface area contributed by atoms with E-state index in [4.69, 9.17) is 11.6 Å². The average Bonchev–Trinajstić information content (AvgIpc) is 3.34. The Balaban J connectivity index is 1.44. The molecule has 2 aliphatic rings. The highest BCUT2D eigenvalue weighted by molar-refractivity contribution is 6.31. The van der Waals surface area contributed by atoms with E-state index in [1.165, 1.54) is 5.69 Å². The molecular weight excluding hydrogens is 388 g/mol. The van der Waals surface area contributed by atoms with Crippen LogP contribution in [0.15, 0.2) is 30.5 Å². The molecule has 5 rings (SSSR count). The molecule has 3 heterocycles. The quantitative estimate of drug-likeness (QED) is 0.663. The summed E-state index contributed by atoms with van der Waals surface area (Å²) in [6.07, 6.45) is 5.18. The first-order valence-electron chi connectivity index (χ1n) is 9.96. The van der Waals surface area contributed by atoms with E-state index in [2.05, 4.69) is 21.5 Å². The van der Waals surface area contributed by atoms with Crippen LogP contribution in [0.5, 0.6) is 0 Å². The molecule has 0 saturated carbocycles. The SMILES string of the molecule is Cn1ncc(Cl)c1C[C@H]1c2ccccc2C(=O)N1C[C@@H]1CCc2c(nnn2C)C1. The molecular formula is C21H23ClN6O. The van der Waals surface area contributed by atoms with E-state index in [9.17, 15) is 4.79 Å². The second kappa shape index (κ2) is 6.99. The standard InChI is InChI=1S/C21H23ClN6O/c1-26-20(16(22)11-23-26)10-19-14-5-3-4-6-15(14)21(29)28(19)12-13-7-8-18-17(9-13)24-25-27(18)2/h3-6,11,13,19H,7-10,12H2,1-2H3/t13-,19+/m1/s1. The van der Waals surface area contributed by atoms with E-state index < -0.39 is 0 Å². The molecule has 1 aliphatic heterocycles. The number of carbonyl (C=O) groups is 1. The van der Waals surface area contributed by atoms with Gasteiger partial charge in [-0.15, -0.1) is 5.10 Å². The summed E-state index contributed by atoms with van der Waals surface area (Å²) >= 11 is 6.38. The van der Waals surface area contributed by atoms with E-state index in [0.29, 0.717) is 23.9 Å². The van der Waals surface area contributed by atoms with Gasteiger partial charge in [0.1, 0.15) is 0 Å². The zero-order valence-electron chi connectivity index (χ0n) is 16.5. The predicted octanol–water partition coefficient (Wildman–Crippen LogP) is 2.75. The molecule has 1 amide bonds. The fourth-order valence-corrected chi connectivity index (χ4v) is 5.00. The molecule has 150 valence electrons. The van der Waals surface area contributed by atoms with Crippen molar-refractivity contribution in [1.29, 1.82) is 0 Å². The van der Waals surface area contributed by atoms with Crippen molar-refractivity contribution in [2.24, 2.45) is 20.0 Å². The number of aromatic nitrogens is 5. The van der Waals surface area contributed by atoms with Gasteiger partial charge in [0, 0.05) is 32.6 Å². The first-order valence-corrected chi connectivity index (χ1v) is 10.3. The summed E-state index contributed by atoms with van der Waals surface area (Å²) in [4.78, 5) is 15.3. The van der Waals surface area contributed by atoms with Crippen molar-refractivity contribution in [3.05, 3.63) is 63.7 Å². The number of amides is 1. The van der Waals surface area contributed by atoms with Gasteiger partial charge in [0.25, 0.3) is 5.91 Å². The lowest BCUT2D eigenvalue weighted by Crippen LogP contribution is -2.36. The minimum atomic E-state index is -0.0325. The maximum absolute atomic E-state index is 13.3. The highest BCUT2D eigenvalue weighted by Crippen LogP contribution is 2.38. The highest BCUT2D eigenvalue weighted by atomic mass is 35.5. The van der Waals surface area contributed by atoms with Gasteiger partial charge in [0.05, 0.1) is 34.3 Å². The molecule has 1 aromatic carbocycles. The van der Waals surface area contributed by atoms with E-state index >= 15 is 0 Å². The molecule has 2 aromatic heterocycles. The molecule has 2 atom stereocenters. The molecule has 8 heteroatoms. The van der Waals surface area contributed by atoms with Crippen molar-refractivity contribution < 1.29 is 4.79 Å². The molecule has 7 nitrogen and oxygen atoms in total. The average molecular weight is 411 g/mol. The maximum atomic E-state index is 13.3. The van der Waals surface area contributed by atoms with Crippen LogP contribution in [0.25, 0.3) is 0 Å². The van der Waals surface area contributed by atoms with Gasteiger partial charge in [-0.3, -0.25) is 14.2 Å². The van der Waals surface area contributed by atoms with E-state index in [-0.39, 0.29) is 11.9 Å². The van der Waals surface area contributed by atoms with Gasteiger partial charge in [0.15, 0.2) is 0 Å². The summed E-state index contributed by atoms with van der Waals surface area (Å²) in [6, 6.07) is 7.89. The zero-order valence-corrected chi connectivity index (χ0v) is 17.3. The maximum Gasteiger partial charge on any atom is 0.254 e. The van der Waals surface area contributed by atoms with Gasteiger partial charge in [-0.1, -0.05) is 35.0 Å². The number of carbonyl (C=O) groups excluding carboxylic acids is 1. The topological polar surface area (TPSA) is 68.8 Å². The van der Waals surface area contributed by atoms with Crippen molar-refractivity contribution >= 4 is 17.5 Å². The molecule has 29 heavy (non-hydrogen) atoms. The van der Waals surface area contributed by atoms with Crippen LogP contribution in [-0.4, -0.2) is 42.1 Å². The van der Waals surface area contributed by atoms with Crippen molar-refractivity contribution in [2.75, 3.05) is 6.54 Å². The minimum Gasteiger partial charge on any atom is -0.331 e. The van der Waals surface area contributed by atoms with Gasteiger partial charge in [-0.2, -0.15) is 5.10 Å². The van der Waals surface area contributed by atoms with Gasteiger partial charge >= 0.3 is 0 Å². The second-order valence-corrected chi connectivity index (χ2v) is 8.45. The van der Waals surface area contributed by atoms with Crippen LogP contribution < -0.4 is 0 Å². The van der Waals surface area contributed by atoms with Crippen LogP contribution in [0.4, 0.5) is 0 Å². The van der Waals surface area contributed by atoms with Crippen LogP contribution in [0, 0.1) is 5.92 Å². The van der Waals surface area contributed by atoms with Crippen LogP contribution in [-0.2, 0) is 33.4 Å². The number of halogens is 1. The van der Waals surface area contributed by atoms with Gasteiger partial charge in [0.2, 0.25) is 0 Å². The lowest BCUT2D eigenvalue weighted by atomic mass is 9.89. The van der Waals surface area contributed by atoms with Crippen LogP contribution in [0.3, 0.4) is 0 Å². The Bertz CT molecular complexity index is 1070. The van der Waals surface area contributed by atoms with Gasteiger partial charge in [-0.25, -0.2) is 0 Å².